The second kappa shape index (κ2) is 9.80. The Morgan fingerprint density at radius 2 is 2.04 bits per heavy atom. The highest BCUT2D eigenvalue weighted by molar-refractivity contribution is 5.79. The van der Waals surface area contributed by atoms with E-state index in [1.807, 2.05) is 6.07 Å². The van der Waals surface area contributed by atoms with Crippen molar-refractivity contribution in [2.45, 2.75) is 25.8 Å². The highest BCUT2D eigenvalue weighted by Gasteiger charge is 2.32. The summed E-state index contributed by atoms with van der Waals surface area (Å²) in [5.74, 6) is 0.0299. The van der Waals surface area contributed by atoms with Crippen LogP contribution in [0.25, 0.3) is 0 Å². The Hall–Kier alpha value is -2.24. The fourth-order valence-electron chi connectivity index (χ4n) is 3.99. The largest absolute Gasteiger partial charge is 0.383 e. The normalized spacial score (nSPS) is 20.1. The lowest BCUT2D eigenvalue weighted by Crippen LogP contribution is -2.46. The van der Waals surface area contributed by atoms with Gasteiger partial charge < -0.3 is 10.1 Å². The topological polar surface area (TPSA) is 41.6 Å². The lowest BCUT2D eigenvalue weighted by Gasteiger charge is -2.37. The van der Waals surface area contributed by atoms with E-state index >= 15 is 0 Å². The lowest BCUT2D eigenvalue weighted by atomic mass is 9.83. The molecule has 3 rings (SSSR count). The van der Waals surface area contributed by atoms with Crippen molar-refractivity contribution in [1.29, 1.82) is 0 Å². The minimum Gasteiger partial charge on any atom is -0.383 e. The number of nitrogens with one attached hydrogen (secondary N) is 1. The number of piperidine rings is 1. The summed E-state index contributed by atoms with van der Waals surface area (Å²) in [6, 6.07) is 15.2. The number of halogens is 1. The molecule has 1 fully saturated rings. The minimum absolute atomic E-state index is 0.0682. The number of likely N-dealkylation sites (tertiary alicyclic amines) is 1. The molecule has 0 saturated carbocycles. The van der Waals surface area contributed by atoms with E-state index in [0.717, 1.165) is 18.5 Å². The van der Waals surface area contributed by atoms with Gasteiger partial charge in [-0.1, -0.05) is 42.0 Å². The smallest absolute Gasteiger partial charge is 0.224 e. The molecule has 0 unspecified atom stereocenters. The molecule has 0 bridgehead atoms. The Kier molecular flexibility index (Phi) is 7.18. The number of benzene rings is 2. The Balaban J connectivity index is 1.76. The first-order valence-corrected chi connectivity index (χ1v) is 9.85. The van der Waals surface area contributed by atoms with E-state index < -0.39 is 0 Å². The van der Waals surface area contributed by atoms with Gasteiger partial charge in [0.05, 0.1) is 12.5 Å². The lowest BCUT2D eigenvalue weighted by molar-refractivity contribution is -0.127. The quantitative estimate of drug-likeness (QED) is 0.743. The molecule has 0 aliphatic carbocycles. The van der Waals surface area contributed by atoms with Crippen molar-refractivity contribution in [3.05, 3.63) is 71.0 Å². The number of carbonyl (C=O) groups excluding carboxylic acids is 1. The van der Waals surface area contributed by atoms with Crippen molar-refractivity contribution in [3.63, 3.8) is 0 Å². The van der Waals surface area contributed by atoms with Crippen molar-refractivity contribution in [2.24, 2.45) is 5.92 Å². The maximum atomic E-state index is 13.6. The molecular formula is C23H29FN2O2. The number of carbonyl (C=O) groups is 1. The highest BCUT2D eigenvalue weighted by atomic mass is 19.1. The summed E-state index contributed by atoms with van der Waals surface area (Å²) >= 11 is 0. The Bertz CT molecular complexity index is 796. The van der Waals surface area contributed by atoms with E-state index in [0.29, 0.717) is 26.2 Å². The van der Waals surface area contributed by atoms with E-state index in [-0.39, 0.29) is 23.6 Å². The number of methoxy groups -OCH3 is 1. The first-order valence-electron chi connectivity index (χ1n) is 9.85. The molecule has 1 aliphatic rings. The van der Waals surface area contributed by atoms with Gasteiger partial charge in [0.2, 0.25) is 5.91 Å². The molecule has 0 spiro atoms. The number of rotatable bonds is 7. The summed E-state index contributed by atoms with van der Waals surface area (Å²) in [5.41, 5.74) is 3.42. The summed E-state index contributed by atoms with van der Waals surface area (Å²) in [4.78, 5) is 15.0. The number of nitrogens with zero attached hydrogens (tertiary/aromatic N) is 1. The molecule has 5 heteroatoms. The van der Waals surface area contributed by atoms with Gasteiger partial charge in [-0.15, -0.1) is 0 Å². The maximum Gasteiger partial charge on any atom is 0.224 e. The van der Waals surface area contributed by atoms with Crippen LogP contribution in [0.1, 0.15) is 29.0 Å². The van der Waals surface area contributed by atoms with Gasteiger partial charge in [-0.25, -0.2) is 4.39 Å². The summed E-state index contributed by atoms with van der Waals surface area (Å²) in [6.45, 7) is 5.30. The second-order valence-corrected chi connectivity index (χ2v) is 7.65. The Morgan fingerprint density at radius 1 is 1.21 bits per heavy atom. The minimum atomic E-state index is -0.224. The average Bonchev–Trinajstić information content (AvgIpc) is 2.68. The highest BCUT2D eigenvalue weighted by Crippen LogP contribution is 2.31. The van der Waals surface area contributed by atoms with Gasteiger partial charge in [-0.3, -0.25) is 9.69 Å². The molecule has 2 aromatic rings. The van der Waals surface area contributed by atoms with Gasteiger partial charge >= 0.3 is 0 Å². The van der Waals surface area contributed by atoms with E-state index in [9.17, 15) is 9.18 Å². The van der Waals surface area contributed by atoms with Gasteiger partial charge in [0.25, 0.3) is 0 Å². The SMILES string of the molecule is COCCNC(=O)[C@H]1C[C@@H](c2cccc(C)c2)CN(Cc2cccc(F)c2)C1. The summed E-state index contributed by atoms with van der Waals surface area (Å²) in [6.07, 6.45) is 0.821. The van der Waals surface area contributed by atoms with Crippen LogP contribution in [0, 0.1) is 18.7 Å². The molecule has 0 radical (unpaired) electrons. The van der Waals surface area contributed by atoms with Crippen LogP contribution in [0.3, 0.4) is 0 Å². The third-order valence-corrected chi connectivity index (χ3v) is 5.31. The molecule has 0 aromatic heterocycles. The molecular weight excluding hydrogens is 355 g/mol. The van der Waals surface area contributed by atoms with Crippen LogP contribution in [0.4, 0.5) is 4.39 Å². The zero-order chi connectivity index (χ0) is 19.9. The summed E-state index contributed by atoms with van der Waals surface area (Å²) < 4.78 is 18.6. The van der Waals surface area contributed by atoms with Crippen molar-refractivity contribution in [3.8, 4) is 0 Å². The standard InChI is InChI=1S/C23H29FN2O2/c1-17-5-3-7-19(11-17)20-13-21(23(27)25-9-10-28-2)16-26(15-20)14-18-6-4-8-22(24)12-18/h3-8,11-12,20-21H,9-10,13-16H2,1-2H3,(H,25,27)/t20-,21+/m1/s1. The number of aryl methyl sites for hydroxylation is 1. The number of amides is 1. The van der Waals surface area contributed by atoms with Gasteiger partial charge in [-0.2, -0.15) is 0 Å². The van der Waals surface area contributed by atoms with Crippen LogP contribution >= 0.6 is 0 Å². The fraction of sp³-hybridized carbons (Fsp3) is 0.435. The van der Waals surface area contributed by atoms with Crippen LogP contribution in [0.2, 0.25) is 0 Å². The molecule has 1 N–H and O–H groups in total. The van der Waals surface area contributed by atoms with E-state index in [4.69, 9.17) is 4.74 Å². The van der Waals surface area contributed by atoms with Crippen LogP contribution in [-0.2, 0) is 16.1 Å². The number of hydrogen-bond donors (Lipinski definition) is 1. The first kappa shape index (κ1) is 20.5. The molecule has 1 aliphatic heterocycles. The van der Waals surface area contributed by atoms with Crippen molar-refractivity contribution in [2.75, 3.05) is 33.4 Å². The van der Waals surface area contributed by atoms with E-state index in [1.54, 1.807) is 19.2 Å². The monoisotopic (exact) mass is 384 g/mol. The van der Waals surface area contributed by atoms with Gasteiger partial charge in [-0.05, 0) is 42.5 Å². The third kappa shape index (κ3) is 5.63. The summed E-state index contributed by atoms with van der Waals surface area (Å²) in [5, 5.41) is 2.98. The maximum absolute atomic E-state index is 13.6. The number of ether oxygens (including phenoxy) is 1. The molecule has 2 aromatic carbocycles. The Labute approximate surface area is 166 Å². The van der Waals surface area contributed by atoms with Crippen LogP contribution in [-0.4, -0.2) is 44.2 Å². The second-order valence-electron chi connectivity index (χ2n) is 7.65. The first-order chi connectivity index (χ1) is 13.5. The van der Waals surface area contributed by atoms with Gasteiger partial charge in [0.15, 0.2) is 0 Å². The Morgan fingerprint density at radius 3 is 2.79 bits per heavy atom. The molecule has 1 amide bonds. The average molecular weight is 384 g/mol. The van der Waals surface area contributed by atoms with E-state index in [2.05, 4.69) is 41.4 Å². The van der Waals surface area contributed by atoms with Crippen molar-refractivity contribution >= 4 is 5.91 Å². The zero-order valence-electron chi connectivity index (χ0n) is 16.7. The molecule has 150 valence electrons. The molecule has 1 heterocycles. The van der Waals surface area contributed by atoms with Gasteiger partial charge in [0.1, 0.15) is 5.82 Å². The van der Waals surface area contributed by atoms with Crippen LogP contribution < -0.4 is 5.32 Å². The third-order valence-electron chi connectivity index (χ3n) is 5.31. The van der Waals surface area contributed by atoms with Crippen LogP contribution in [0.5, 0.6) is 0 Å². The molecule has 1 saturated heterocycles. The molecule has 2 atom stereocenters. The molecule has 4 nitrogen and oxygen atoms in total. The summed E-state index contributed by atoms with van der Waals surface area (Å²) in [7, 11) is 1.63. The van der Waals surface area contributed by atoms with Crippen molar-refractivity contribution in [1.82, 2.24) is 10.2 Å². The van der Waals surface area contributed by atoms with Crippen molar-refractivity contribution < 1.29 is 13.9 Å². The van der Waals surface area contributed by atoms with E-state index in [1.165, 1.54) is 17.2 Å². The fourth-order valence-corrected chi connectivity index (χ4v) is 3.99. The van der Waals surface area contributed by atoms with Gasteiger partial charge in [0, 0.05) is 33.3 Å². The predicted octanol–water partition coefficient (Wildman–Crippen LogP) is 3.50. The zero-order valence-corrected chi connectivity index (χ0v) is 16.7. The molecule has 28 heavy (non-hydrogen) atoms. The number of hydrogen-bond acceptors (Lipinski definition) is 3. The van der Waals surface area contributed by atoms with Crippen LogP contribution in [0.15, 0.2) is 48.5 Å². The predicted molar refractivity (Wildman–Crippen MR) is 109 cm³/mol.